The Morgan fingerprint density at radius 3 is 2.50 bits per heavy atom. The van der Waals surface area contributed by atoms with Gasteiger partial charge in [0.2, 0.25) is 0 Å². The van der Waals surface area contributed by atoms with Crippen molar-refractivity contribution < 1.29 is 14.9 Å². The van der Waals surface area contributed by atoms with Crippen LogP contribution in [0.1, 0.15) is 11.1 Å². The molecule has 0 spiro atoms. The largest absolute Gasteiger partial charge is 0.504 e. The van der Waals surface area contributed by atoms with Crippen molar-refractivity contribution in [1.29, 1.82) is 0 Å². The number of hydrogen-bond donors (Lipinski definition) is 4. The van der Waals surface area contributed by atoms with Gasteiger partial charge in [-0.3, -0.25) is 0 Å². The second kappa shape index (κ2) is 3.46. The Balaban J connectivity index is 2.25. The van der Waals surface area contributed by atoms with Crippen molar-refractivity contribution in [2.75, 3.05) is 11.5 Å². The molecule has 1 heterocycles. The Kier molecular flexibility index (Phi) is 2.04. The summed E-state index contributed by atoms with van der Waals surface area (Å²) < 4.78 is 5.65. The predicted molar refractivity (Wildman–Crippen MR) is 67.9 cm³/mol. The molecule has 1 aliphatic rings. The fourth-order valence-electron chi connectivity index (χ4n) is 2.12. The smallest absolute Gasteiger partial charge is 0.183 e. The molecule has 0 aromatic heterocycles. The summed E-state index contributed by atoms with van der Waals surface area (Å²) in [5.41, 5.74) is 12.9. The highest BCUT2D eigenvalue weighted by Crippen LogP contribution is 2.51. The van der Waals surface area contributed by atoms with E-state index in [9.17, 15) is 10.2 Å². The number of phenolic OH excluding ortho intramolecular Hbond substituents is 2. The minimum atomic E-state index is -0.394. The summed E-state index contributed by atoms with van der Waals surface area (Å²) in [6.07, 6.45) is 0.440. The summed E-state index contributed by atoms with van der Waals surface area (Å²) >= 11 is 0. The molecule has 92 valence electrons. The lowest BCUT2D eigenvalue weighted by molar-refractivity contribution is 0.390. The zero-order valence-corrected chi connectivity index (χ0v) is 9.47. The van der Waals surface area contributed by atoms with Crippen LogP contribution >= 0.6 is 0 Å². The van der Waals surface area contributed by atoms with Gasteiger partial charge in [0.15, 0.2) is 17.2 Å². The molecular formula is C13H12N2O3. The lowest BCUT2D eigenvalue weighted by atomic mass is 9.97. The number of ether oxygens (including phenoxy) is 1. The van der Waals surface area contributed by atoms with E-state index in [0.29, 0.717) is 23.5 Å². The van der Waals surface area contributed by atoms with Crippen molar-refractivity contribution in [3.63, 3.8) is 0 Å². The van der Waals surface area contributed by atoms with Crippen LogP contribution in [0.5, 0.6) is 23.0 Å². The van der Waals surface area contributed by atoms with Gasteiger partial charge in [-0.1, -0.05) is 18.2 Å². The van der Waals surface area contributed by atoms with Gasteiger partial charge < -0.3 is 26.4 Å². The maximum absolute atomic E-state index is 9.91. The minimum absolute atomic E-state index is 0.0642. The number of nitrogens with two attached hydrogens (primary N) is 2. The third-order valence-electron chi connectivity index (χ3n) is 3.13. The molecular weight excluding hydrogens is 232 g/mol. The first-order valence-corrected chi connectivity index (χ1v) is 5.47. The monoisotopic (exact) mass is 244 g/mol. The number of fused-ring (bicyclic) bond motifs is 2. The van der Waals surface area contributed by atoms with Crippen LogP contribution in [0.25, 0.3) is 0 Å². The Morgan fingerprint density at radius 1 is 1.00 bits per heavy atom. The molecule has 0 atom stereocenters. The third kappa shape index (κ3) is 1.27. The van der Waals surface area contributed by atoms with Crippen molar-refractivity contribution in [1.82, 2.24) is 0 Å². The molecule has 0 fully saturated rings. The van der Waals surface area contributed by atoms with Gasteiger partial charge in [-0.25, -0.2) is 0 Å². The predicted octanol–water partition coefficient (Wildman–Crippen LogP) is 1.96. The fraction of sp³-hybridized carbons (Fsp3) is 0.0769. The molecule has 0 aliphatic carbocycles. The summed E-state index contributed by atoms with van der Waals surface area (Å²) in [5.74, 6) is 0.336. The number of hydrogen-bond acceptors (Lipinski definition) is 5. The van der Waals surface area contributed by atoms with Gasteiger partial charge in [-0.15, -0.1) is 0 Å². The van der Waals surface area contributed by atoms with Gasteiger partial charge in [-0.2, -0.15) is 0 Å². The van der Waals surface area contributed by atoms with E-state index in [1.54, 1.807) is 0 Å². The topological polar surface area (TPSA) is 102 Å². The Bertz CT molecular complexity index is 597. The second-order valence-electron chi connectivity index (χ2n) is 4.22. The standard InChI is InChI=1S/C13H12N2O3/c14-9-10(15)13-7(11(16)12(9)17)5-6-3-1-2-4-8(6)18-13/h1-4,16-17H,5,14-15H2. The molecule has 5 nitrogen and oxygen atoms in total. The molecule has 3 rings (SSSR count). The number of aromatic hydroxyl groups is 2. The molecule has 0 amide bonds. The van der Waals surface area contributed by atoms with Crippen LogP contribution in [-0.4, -0.2) is 10.2 Å². The molecule has 0 saturated heterocycles. The first-order valence-electron chi connectivity index (χ1n) is 5.47. The highest BCUT2D eigenvalue weighted by atomic mass is 16.5. The zero-order chi connectivity index (χ0) is 12.9. The van der Waals surface area contributed by atoms with Crippen LogP contribution in [0.15, 0.2) is 24.3 Å². The molecule has 2 aromatic carbocycles. The zero-order valence-electron chi connectivity index (χ0n) is 9.47. The molecule has 18 heavy (non-hydrogen) atoms. The Labute approximate surface area is 103 Å². The van der Waals surface area contributed by atoms with Crippen LogP contribution in [0.3, 0.4) is 0 Å². The van der Waals surface area contributed by atoms with E-state index in [-0.39, 0.29) is 17.1 Å². The Morgan fingerprint density at radius 2 is 1.72 bits per heavy atom. The average molecular weight is 244 g/mol. The molecule has 6 N–H and O–H groups in total. The lowest BCUT2D eigenvalue weighted by Gasteiger charge is -2.23. The molecule has 0 saturated carbocycles. The summed E-state index contributed by atoms with van der Waals surface area (Å²) in [4.78, 5) is 0. The molecule has 0 bridgehead atoms. The van der Waals surface area contributed by atoms with Crippen LogP contribution in [-0.2, 0) is 6.42 Å². The van der Waals surface area contributed by atoms with Crippen LogP contribution in [0.4, 0.5) is 11.4 Å². The summed E-state index contributed by atoms with van der Waals surface area (Å²) in [6, 6.07) is 7.44. The van der Waals surface area contributed by atoms with E-state index in [1.807, 2.05) is 24.3 Å². The van der Waals surface area contributed by atoms with Gasteiger partial charge in [-0.05, 0) is 11.6 Å². The summed E-state index contributed by atoms with van der Waals surface area (Å²) in [7, 11) is 0. The highest BCUT2D eigenvalue weighted by molar-refractivity contribution is 5.84. The maximum Gasteiger partial charge on any atom is 0.183 e. The number of para-hydroxylation sites is 1. The normalized spacial score (nSPS) is 12.4. The average Bonchev–Trinajstić information content (AvgIpc) is 2.41. The second-order valence-corrected chi connectivity index (χ2v) is 4.22. The summed E-state index contributed by atoms with van der Waals surface area (Å²) in [5, 5.41) is 19.6. The molecule has 2 aromatic rings. The van der Waals surface area contributed by atoms with Gasteiger partial charge in [0.25, 0.3) is 0 Å². The minimum Gasteiger partial charge on any atom is -0.504 e. The highest BCUT2D eigenvalue weighted by Gasteiger charge is 2.26. The summed E-state index contributed by atoms with van der Waals surface area (Å²) in [6.45, 7) is 0. The van der Waals surface area contributed by atoms with Crippen LogP contribution < -0.4 is 16.2 Å². The van der Waals surface area contributed by atoms with Gasteiger partial charge in [0.1, 0.15) is 17.1 Å². The molecule has 1 aliphatic heterocycles. The molecule has 0 unspecified atom stereocenters. The van der Waals surface area contributed by atoms with E-state index < -0.39 is 5.75 Å². The van der Waals surface area contributed by atoms with Crippen LogP contribution in [0.2, 0.25) is 0 Å². The van der Waals surface area contributed by atoms with E-state index in [4.69, 9.17) is 16.2 Å². The van der Waals surface area contributed by atoms with E-state index in [0.717, 1.165) is 5.56 Å². The SMILES string of the molecule is Nc1c(N)c2c(c(O)c1O)Cc1ccccc1O2. The molecule has 0 radical (unpaired) electrons. The number of anilines is 2. The van der Waals surface area contributed by atoms with Crippen molar-refractivity contribution >= 4 is 11.4 Å². The maximum atomic E-state index is 9.91. The van der Waals surface area contributed by atoms with Crippen molar-refractivity contribution in [2.45, 2.75) is 6.42 Å². The molecule has 5 heteroatoms. The van der Waals surface area contributed by atoms with Crippen molar-refractivity contribution in [3.05, 3.63) is 35.4 Å². The lowest BCUT2D eigenvalue weighted by Crippen LogP contribution is -2.08. The fourth-order valence-corrected chi connectivity index (χ4v) is 2.12. The van der Waals surface area contributed by atoms with Gasteiger partial charge in [0, 0.05) is 12.0 Å². The first-order chi connectivity index (χ1) is 8.59. The number of rotatable bonds is 0. The quantitative estimate of drug-likeness (QED) is 0.275. The van der Waals surface area contributed by atoms with Crippen LogP contribution in [0, 0.1) is 0 Å². The van der Waals surface area contributed by atoms with Crippen molar-refractivity contribution in [3.8, 4) is 23.0 Å². The van der Waals surface area contributed by atoms with E-state index in [2.05, 4.69) is 0 Å². The van der Waals surface area contributed by atoms with Gasteiger partial charge >= 0.3 is 0 Å². The van der Waals surface area contributed by atoms with Crippen molar-refractivity contribution in [2.24, 2.45) is 0 Å². The number of benzene rings is 2. The van der Waals surface area contributed by atoms with E-state index in [1.165, 1.54) is 0 Å². The van der Waals surface area contributed by atoms with Gasteiger partial charge in [0.05, 0.1) is 0 Å². The number of nitrogen functional groups attached to an aromatic ring is 2. The first kappa shape index (κ1) is 10.6. The third-order valence-corrected chi connectivity index (χ3v) is 3.13. The Hall–Kier alpha value is -2.56. The number of phenols is 2. The van der Waals surface area contributed by atoms with E-state index >= 15 is 0 Å².